The zero-order valence-corrected chi connectivity index (χ0v) is 14.9. The lowest BCUT2D eigenvalue weighted by atomic mass is 9.95. The zero-order valence-electron chi connectivity index (χ0n) is 14.9. The number of carbonyl (C=O) groups excluding carboxylic acids is 1. The summed E-state index contributed by atoms with van der Waals surface area (Å²) in [4.78, 5) is 48.3. The second-order valence-corrected chi connectivity index (χ2v) is 6.95. The third-order valence-corrected chi connectivity index (χ3v) is 5.13. The Morgan fingerprint density at radius 3 is 2.56 bits per heavy atom. The number of aromatic amines is 1. The number of rotatable bonds is 5. The number of carboxylic acid groups (broad SMARTS) is 1. The highest BCUT2D eigenvalue weighted by molar-refractivity contribution is 5.80. The topological polar surface area (TPSA) is 121 Å². The number of amides is 1. The van der Waals surface area contributed by atoms with Crippen molar-refractivity contribution in [3.63, 3.8) is 0 Å². The molecule has 144 valence electrons. The van der Waals surface area contributed by atoms with E-state index in [1.54, 1.807) is 24.3 Å². The van der Waals surface area contributed by atoms with E-state index in [1.807, 2.05) is 0 Å². The normalized spacial score (nSPS) is 20.1. The van der Waals surface area contributed by atoms with Crippen molar-refractivity contribution in [2.24, 2.45) is 5.92 Å². The molecule has 1 aliphatic carbocycles. The van der Waals surface area contributed by atoms with Gasteiger partial charge in [-0.1, -0.05) is 31.4 Å². The third kappa shape index (κ3) is 4.27. The first-order valence-electron chi connectivity index (χ1n) is 9.21. The van der Waals surface area contributed by atoms with Crippen molar-refractivity contribution in [2.75, 3.05) is 0 Å². The van der Waals surface area contributed by atoms with E-state index in [4.69, 9.17) is 0 Å². The summed E-state index contributed by atoms with van der Waals surface area (Å²) >= 11 is 0. The smallest absolute Gasteiger partial charge is 0.308 e. The quantitative estimate of drug-likeness (QED) is 0.681. The molecule has 3 N–H and O–H groups in total. The molecule has 0 saturated heterocycles. The van der Waals surface area contributed by atoms with Crippen LogP contribution in [-0.4, -0.2) is 32.8 Å². The molecular weight excluding hydrogens is 350 g/mol. The minimum atomic E-state index is -0.891. The molecule has 2 aromatic rings. The fourth-order valence-electron chi connectivity index (χ4n) is 3.67. The molecule has 1 aliphatic rings. The number of hydrogen-bond acceptors (Lipinski definition) is 4. The maximum atomic E-state index is 12.5. The van der Waals surface area contributed by atoms with E-state index in [-0.39, 0.29) is 30.0 Å². The average Bonchev–Trinajstić information content (AvgIpc) is 2.89. The van der Waals surface area contributed by atoms with Crippen molar-refractivity contribution in [1.29, 1.82) is 0 Å². The van der Waals surface area contributed by atoms with E-state index < -0.39 is 17.9 Å². The average molecular weight is 373 g/mol. The highest BCUT2D eigenvalue weighted by Gasteiger charge is 2.30. The van der Waals surface area contributed by atoms with Crippen molar-refractivity contribution in [3.8, 4) is 0 Å². The number of fused-ring (bicyclic) bond motifs is 1. The van der Waals surface area contributed by atoms with Gasteiger partial charge in [-0.25, -0.2) is 4.68 Å². The Morgan fingerprint density at radius 2 is 1.81 bits per heavy atom. The molecule has 3 rings (SSSR count). The van der Waals surface area contributed by atoms with E-state index in [1.165, 1.54) is 0 Å². The largest absolute Gasteiger partial charge is 0.481 e. The standard InChI is InChI=1S/C19H23N3O5/c23-16(20-15-9-3-1-2-8-14(15)19(26)27)10-11-22-18(25)13-7-5-4-6-12(13)17(24)21-22/h4-7,14-15H,1-3,8-11H2,(H,20,23)(H,21,24)(H,26,27)/t14-,15+/m1/s1. The van der Waals surface area contributed by atoms with Gasteiger partial charge in [0.1, 0.15) is 0 Å². The minimum absolute atomic E-state index is 0.0168. The lowest BCUT2D eigenvalue weighted by molar-refractivity contribution is -0.143. The van der Waals surface area contributed by atoms with Crippen molar-refractivity contribution >= 4 is 22.6 Å². The first-order valence-corrected chi connectivity index (χ1v) is 9.21. The number of aryl methyl sites for hydroxylation is 1. The molecule has 1 aromatic carbocycles. The van der Waals surface area contributed by atoms with Gasteiger partial charge in [-0.05, 0) is 25.0 Å². The molecule has 0 spiro atoms. The van der Waals surface area contributed by atoms with Crippen LogP contribution in [-0.2, 0) is 16.1 Å². The molecule has 1 heterocycles. The van der Waals surface area contributed by atoms with Crippen LogP contribution in [0.15, 0.2) is 33.9 Å². The number of nitrogens with zero attached hydrogens (tertiary/aromatic N) is 1. The van der Waals surface area contributed by atoms with Crippen LogP contribution in [0.5, 0.6) is 0 Å². The number of aliphatic carboxylic acids is 1. The summed E-state index contributed by atoms with van der Waals surface area (Å²) in [5.41, 5.74) is -0.754. The Labute approximate surface area is 155 Å². The number of carboxylic acids is 1. The van der Waals surface area contributed by atoms with E-state index in [0.717, 1.165) is 23.9 Å². The zero-order chi connectivity index (χ0) is 19.4. The van der Waals surface area contributed by atoms with Crippen LogP contribution >= 0.6 is 0 Å². The van der Waals surface area contributed by atoms with E-state index >= 15 is 0 Å². The van der Waals surface area contributed by atoms with E-state index in [9.17, 15) is 24.3 Å². The van der Waals surface area contributed by atoms with E-state index in [2.05, 4.69) is 10.4 Å². The summed E-state index contributed by atoms with van der Waals surface area (Å²) in [7, 11) is 0. The van der Waals surface area contributed by atoms with Gasteiger partial charge >= 0.3 is 5.97 Å². The first-order chi connectivity index (χ1) is 13.0. The maximum Gasteiger partial charge on any atom is 0.308 e. The van der Waals surface area contributed by atoms with Crippen LogP contribution in [0.1, 0.15) is 38.5 Å². The predicted molar refractivity (Wildman–Crippen MR) is 99.6 cm³/mol. The number of benzene rings is 1. The van der Waals surface area contributed by atoms with Crippen molar-refractivity contribution < 1.29 is 14.7 Å². The van der Waals surface area contributed by atoms with Gasteiger partial charge in [0.05, 0.1) is 23.2 Å². The summed E-state index contributed by atoms with van der Waals surface area (Å²) in [6, 6.07) is 6.11. The summed E-state index contributed by atoms with van der Waals surface area (Å²) < 4.78 is 1.13. The maximum absolute atomic E-state index is 12.5. The fraction of sp³-hybridized carbons (Fsp3) is 0.474. The van der Waals surface area contributed by atoms with Gasteiger partial charge in [0, 0.05) is 12.5 Å². The summed E-state index contributed by atoms with van der Waals surface area (Å²) in [6.07, 6.45) is 3.86. The molecular formula is C19H23N3O5. The van der Waals surface area contributed by atoms with Gasteiger partial charge in [-0.15, -0.1) is 0 Å². The molecule has 1 fully saturated rings. The van der Waals surface area contributed by atoms with Gasteiger partial charge in [0.25, 0.3) is 11.1 Å². The molecule has 8 heteroatoms. The molecule has 8 nitrogen and oxygen atoms in total. The lowest BCUT2D eigenvalue weighted by Gasteiger charge is -2.23. The predicted octanol–water partition coefficient (Wildman–Crippen LogP) is 1.23. The van der Waals surface area contributed by atoms with Crippen LogP contribution in [0.25, 0.3) is 10.8 Å². The molecule has 0 radical (unpaired) electrons. The Bertz CT molecular complexity index is 962. The van der Waals surface area contributed by atoms with Crippen LogP contribution in [0.2, 0.25) is 0 Å². The SMILES string of the molecule is O=C(CCn1[nH]c(=O)c2ccccc2c1=O)N[C@H]1CCCCC[C@H]1C(=O)O. The van der Waals surface area contributed by atoms with Gasteiger partial charge in [-0.3, -0.25) is 24.3 Å². The minimum Gasteiger partial charge on any atom is -0.481 e. The van der Waals surface area contributed by atoms with Gasteiger partial charge in [-0.2, -0.15) is 0 Å². The Balaban J connectivity index is 1.69. The molecule has 2 atom stereocenters. The van der Waals surface area contributed by atoms with Crippen molar-refractivity contribution in [1.82, 2.24) is 15.1 Å². The molecule has 27 heavy (non-hydrogen) atoms. The molecule has 1 amide bonds. The molecule has 1 aromatic heterocycles. The first kappa shape index (κ1) is 18.9. The highest BCUT2D eigenvalue weighted by Crippen LogP contribution is 2.23. The monoisotopic (exact) mass is 373 g/mol. The van der Waals surface area contributed by atoms with Gasteiger partial charge in [0.15, 0.2) is 0 Å². The summed E-state index contributed by atoms with van der Waals surface area (Å²) in [5.74, 6) is -1.80. The number of aromatic nitrogens is 2. The Hall–Kier alpha value is -2.90. The number of carbonyl (C=O) groups is 2. The third-order valence-electron chi connectivity index (χ3n) is 5.13. The van der Waals surface area contributed by atoms with Crippen molar-refractivity contribution in [3.05, 3.63) is 45.0 Å². The molecule has 0 aliphatic heterocycles. The summed E-state index contributed by atoms with van der Waals surface area (Å²) in [5, 5.41) is 15.3. The van der Waals surface area contributed by atoms with Gasteiger partial charge < -0.3 is 10.4 Å². The lowest BCUT2D eigenvalue weighted by Crippen LogP contribution is -2.43. The van der Waals surface area contributed by atoms with Crippen LogP contribution < -0.4 is 16.4 Å². The van der Waals surface area contributed by atoms with Crippen LogP contribution in [0.3, 0.4) is 0 Å². The molecule has 0 unspecified atom stereocenters. The van der Waals surface area contributed by atoms with Crippen LogP contribution in [0, 0.1) is 5.92 Å². The van der Waals surface area contributed by atoms with E-state index in [0.29, 0.717) is 23.6 Å². The molecule has 1 saturated carbocycles. The number of H-pyrrole nitrogens is 1. The Kier molecular flexibility index (Phi) is 5.73. The summed E-state index contributed by atoms with van der Waals surface area (Å²) in [6.45, 7) is 0.0230. The second-order valence-electron chi connectivity index (χ2n) is 6.95. The number of hydrogen-bond donors (Lipinski definition) is 3. The Morgan fingerprint density at radius 1 is 1.11 bits per heavy atom. The number of nitrogens with one attached hydrogen (secondary N) is 2. The molecule has 0 bridgehead atoms. The van der Waals surface area contributed by atoms with Gasteiger partial charge in [0.2, 0.25) is 5.91 Å². The fourth-order valence-corrected chi connectivity index (χ4v) is 3.67. The second kappa shape index (κ2) is 8.20. The van der Waals surface area contributed by atoms with Crippen molar-refractivity contribution in [2.45, 2.75) is 51.1 Å². The highest BCUT2D eigenvalue weighted by atomic mass is 16.4. The van der Waals surface area contributed by atoms with Crippen LogP contribution in [0.4, 0.5) is 0 Å².